The first-order chi connectivity index (χ1) is 10.4. The van der Waals surface area contributed by atoms with Crippen molar-refractivity contribution in [1.29, 1.82) is 0 Å². The fraction of sp³-hybridized carbons (Fsp3) is 0.533. The van der Waals surface area contributed by atoms with E-state index < -0.39 is 0 Å². The molecule has 1 aromatic carbocycles. The van der Waals surface area contributed by atoms with Gasteiger partial charge in [-0.05, 0) is 47.9 Å². The number of tetrazole rings is 1. The van der Waals surface area contributed by atoms with E-state index in [9.17, 15) is 0 Å². The van der Waals surface area contributed by atoms with Gasteiger partial charge >= 0.3 is 0 Å². The minimum Gasteiger partial charge on any atom is -0.363 e. The van der Waals surface area contributed by atoms with Gasteiger partial charge in [-0.15, -0.1) is 5.10 Å². The van der Waals surface area contributed by atoms with Crippen LogP contribution in [0.5, 0.6) is 0 Å². The SMILES string of the molecule is NCCC1CN(Cc2nnnn2C2CC2)c2ccccc21. The molecule has 1 fully saturated rings. The Morgan fingerprint density at radius 2 is 2.10 bits per heavy atom. The number of anilines is 1. The molecule has 2 N–H and O–H groups in total. The topological polar surface area (TPSA) is 72.9 Å². The lowest BCUT2D eigenvalue weighted by Crippen LogP contribution is -2.24. The van der Waals surface area contributed by atoms with Crippen LogP contribution in [-0.4, -0.2) is 33.3 Å². The van der Waals surface area contributed by atoms with E-state index in [4.69, 9.17) is 5.73 Å². The van der Waals surface area contributed by atoms with E-state index >= 15 is 0 Å². The fourth-order valence-electron chi connectivity index (χ4n) is 3.27. The maximum absolute atomic E-state index is 5.76. The molecule has 0 saturated heterocycles. The number of fused-ring (bicyclic) bond motifs is 1. The molecule has 0 amide bonds. The quantitative estimate of drug-likeness (QED) is 0.900. The normalized spacial score (nSPS) is 20.8. The highest BCUT2D eigenvalue weighted by Gasteiger charge is 2.31. The molecule has 6 nitrogen and oxygen atoms in total. The van der Waals surface area contributed by atoms with Gasteiger partial charge in [-0.2, -0.15) is 0 Å². The highest BCUT2D eigenvalue weighted by Crippen LogP contribution is 2.39. The minimum atomic E-state index is 0.521. The molecule has 0 bridgehead atoms. The van der Waals surface area contributed by atoms with Crippen molar-refractivity contribution in [3.63, 3.8) is 0 Å². The Morgan fingerprint density at radius 3 is 2.90 bits per heavy atom. The predicted octanol–water partition coefficient (Wildman–Crippen LogP) is 1.46. The molecule has 110 valence electrons. The summed E-state index contributed by atoms with van der Waals surface area (Å²) in [5.41, 5.74) is 8.48. The summed E-state index contributed by atoms with van der Waals surface area (Å²) in [5, 5.41) is 12.2. The summed E-state index contributed by atoms with van der Waals surface area (Å²) in [7, 11) is 0. The monoisotopic (exact) mass is 284 g/mol. The zero-order valence-corrected chi connectivity index (χ0v) is 12.0. The van der Waals surface area contributed by atoms with Gasteiger partial charge in [0.05, 0.1) is 12.6 Å². The van der Waals surface area contributed by atoms with Crippen molar-refractivity contribution < 1.29 is 0 Å². The maximum Gasteiger partial charge on any atom is 0.170 e. The second-order valence-electron chi connectivity index (χ2n) is 5.98. The third kappa shape index (κ3) is 2.29. The molecule has 2 heterocycles. The van der Waals surface area contributed by atoms with Crippen molar-refractivity contribution >= 4 is 5.69 Å². The first-order valence-corrected chi connectivity index (χ1v) is 7.67. The molecule has 6 heteroatoms. The summed E-state index contributed by atoms with van der Waals surface area (Å²) in [6, 6.07) is 9.14. The zero-order chi connectivity index (χ0) is 14.2. The summed E-state index contributed by atoms with van der Waals surface area (Å²) in [6.07, 6.45) is 3.43. The van der Waals surface area contributed by atoms with Crippen LogP contribution in [0.2, 0.25) is 0 Å². The van der Waals surface area contributed by atoms with Gasteiger partial charge in [-0.3, -0.25) is 0 Å². The van der Waals surface area contributed by atoms with E-state index in [1.54, 1.807) is 0 Å². The summed E-state index contributed by atoms with van der Waals surface area (Å²) in [6.45, 7) is 2.52. The summed E-state index contributed by atoms with van der Waals surface area (Å²) in [5.74, 6) is 1.50. The molecule has 21 heavy (non-hydrogen) atoms. The molecular formula is C15H20N6. The van der Waals surface area contributed by atoms with Gasteiger partial charge < -0.3 is 10.6 Å². The first-order valence-electron chi connectivity index (χ1n) is 7.67. The van der Waals surface area contributed by atoms with Crippen molar-refractivity contribution in [2.45, 2.75) is 37.8 Å². The maximum atomic E-state index is 5.76. The van der Waals surface area contributed by atoms with Gasteiger partial charge in [0.15, 0.2) is 5.82 Å². The average molecular weight is 284 g/mol. The van der Waals surface area contributed by atoms with E-state index in [1.165, 1.54) is 24.1 Å². The Hall–Kier alpha value is -1.95. The minimum absolute atomic E-state index is 0.521. The van der Waals surface area contributed by atoms with Crippen molar-refractivity contribution in [1.82, 2.24) is 20.2 Å². The van der Waals surface area contributed by atoms with E-state index in [1.807, 2.05) is 4.68 Å². The third-order valence-corrected chi connectivity index (χ3v) is 4.46. The number of hydrogen-bond donors (Lipinski definition) is 1. The Kier molecular flexibility index (Phi) is 3.11. The van der Waals surface area contributed by atoms with E-state index in [2.05, 4.69) is 44.7 Å². The summed E-state index contributed by atoms with van der Waals surface area (Å²) in [4.78, 5) is 2.39. The van der Waals surface area contributed by atoms with Crippen LogP contribution in [0.1, 0.15) is 42.6 Å². The van der Waals surface area contributed by atoms with Crippen LogP contribution in [0.4, 0.5) is 5.69 Å². The third-order valence-electron chi connectivity index (χ3n) is 4.46. The van der Waals surface area contributed by atoms with Gasteiger partial charge in [-0.25, -0.2) is 4.68 Å². The van der Waals surface area contributed by atoms with Crippen LogP contribution in [0.3, 0.4) is 0 Å². The molecule has 1 aliphatic heterocycles. The standard InChI is InChI=1S/C15H20N6/c16-8-7-11-9-20(14-4-2-1-3-13(11)14)10-15-17-18-19-21(15)12-5-6-12/h1-4,11-12H,5-10,16H2. The van der Waals surface area contributed by atoms with Gasteiger partial charge in [0.2, 0.25) is 0 Å². The van der Waals surface area contributed by atoms with E-state index in [-0.39, 0.29) is 0 Å². The largest absolute Gasteiger partial charge is 0.363 e. The van der Waals surface area contributed by atoms with E-state index in [0.29, 0.717) is 12.0 Å². The molecule has 1 aromatic heterocycles. The molecule has 0 radical (unpaired) electrons. The molecule has 1 unspecified atom stereocenters. The lowest BCUT2D eigenvalue weighted by molar-refractivity contribution is 0.568. The molecule has 1 aliphatic carbocycles. The van der Waals surface area contributed by atoms with Crippen molar-refractivity contribution in [3.8, 4) is 0 Å². The van der Waals surface area contributed by atoms with Crippen LogP contribution in [0.15, 0.2) is 24.3 Å². The Labute approximate surface area is 123 Å². The molecule has 2 aliphatic rings. The number of nitrogens with two attached hydrogens (primary N) is 1. The summed E-state index contributed by atoms with van der Waals surface area (Å²) >= 11 is 0. The molecule has 0 spiro atoms. The van der Waals surface area contributed by atoms with Crippen LogP contribution < -0.4 is 10.6 Å². The second-order valence-corrected chi connectivity index (χ2v) is 5.98. The van der Waals surface area contributed by atoms with Crippen LogP contribution in [-0.2, 0) is 6.54 Å². The zero-order valence-electron chi connectivity index (χ0n) is 12.0. The molecule has 1 atom stereocenters. The molecule has 4 rings (SSSR count). The summed E-state index contributed by atoms with van der Waals surface area (Å²) < 4.78 is 2.00. The van der Waals surface area contributed by atoms with Crippen LogP contribution in [0.25, 0.3) is 0 Å². The lowest BCUT2D eigenvalue weighted by Gasteiger charge is -2.19. The number of rotatable bonds is 5. The van der Waals surface area contributed by atoms with Gasteiger partial charge in [0.1, 0.15) is 0 Å². The van der Waals surface area contributed by atoms with E-state index in [0.717, 1.165) is 31.9 Å². The number of nitrogens with zero attached hydrogens (tertiary/aromatic N) is 5. The highest BCUT2D eigenvalue weighted by molar-refractivity contribution is 5.60. The second kappa shape index (κ2) is 5.11. The van der Waals surface area contributed by atoms with Gasteiger partial charge in [0, 0.05) is 18.2 Å². The van der Waals surface area contributed by atoms with Crippen LogP contribution >= 0.6 is 0 Å². The Morgan fingerprint density at radius 1 is 1.24 bits per heavy atom. The van der Waals surface area contributed by atoms with Crippen molar-refractivity contribution in [2.24, 2.45) is 5.73 Å². The first kappa shape index (κ1) is 12.8. The highest BCUT2D eigenvalue weighted by atomic mass is 15.6. The van der Waals surface area contributed by atoms with Crippen molar-refractivity contribution in [2.75, 3.05) is 18.0 Å². The lowest BCUT2D eigenvalue weighted by atomic mass is 9.98. The smallest absolute Gasteiger partial charge is 0.170 e. The fourth-order valence-corrected chi connectivity index (χ4v) is 3.27. The average Bonchev–Trinajstić information content (AvgIpc) is 3.16. The van der Waals surface area contributed by atoms with Gasteiger partial charge in [0.25, 0.3) is 0 Å². The Balaban J connectivity index is 1.59. The number of para-hydroxylation sites is 1. The van der Waals surface area contributed by atoms with Crippen molar-refractivity contribution in [3.05, 3.63) is 35.7 Å². The molecule has 2 aromatic rings. The molecule has 1 saturated carbocycles. The number of aromatic nitrogens is 4. The van der Waals surface area contributed by atoms with Crippen LogP contribution in [0, 0.1) is 0 Å². The van der Waals surface area contributed by atoms with Gasteiger partial charge in [-0.1, -0.05) is 18.2 Å². The number of benzene rings is 1. The number of hydrogen-bond acceptors (Lipinski definition) is 5. The molecular weight excluding hydrogens is 264 g/mol. The predicted molar refractivity (Wildman–Crippen MR) is 80.0 cm³/mol. The Bertz CT molecular complexity index is 633.